The molecule has 1 aliphatic heterocycles. The highest BCUT2D eigenvalue weighted by Gasteiger charge is 2.11. The number of amides is 2. The maximum atomic E-state index is 13.7. The summed E-state index contributed by atoms with van der Waals surface area (Å²) in [5.41, 5.74) is 7.15. The van der Waals surface area contributed by atoms with Gasteiger partial charge >= 0.3 is 0 Å². The van der Waals surface area contributed by atoms with Gasteiger partial charge in [-0.15, -0.1) is 0 Å². The Labute approximate surface area is 157 Å². The van der Waals surface area contributed by atoms with Crippen LogP contribution in [-0.2, 0) is 4.79 Å². The van der Waals surface area contributed by atoms with Crippen molar-refractivity contribution in [2.24, 2.45) is 5.73 Å². The van der Waals surface area contributed by atoms with E-state index < -0.39 is 11.7 Å². The first-order valence-corrected chi connectivity index (χ1v) is 9.01. The van der Waals surface area contributed by atoms with Crippen molar-refractivity contribution in [2.45, 2.75) is 19.3 Å². The van der Waals surface area contributed by atoms with Crippen LogP contribution < -0.4 is 21.3 Å². The highest BCUT2D eigenvalue weighted by molar-refractivity contribution is 5.95. The summed E-state index contributed by atoms with van der Waals surface area (Å²) in [6.45, 7) is 2.12. The molecular weight excluding hydrogens is 347 g/mol. The van der Waals surface area contributed by atoms with Crippen molar-refractivity contribution >= 4 is 28.9 Å². The Hall–Kier alpha value is -3.09. The van der Waals surface area contributed by atoms with Crippen molar-refractivity contribution in [1.82, 2.24) is 0 Å². The minimum atomic E-state index is -0.829. The van der Waals surface area contributed by atoms with Crippen LogP contribution in [0.1, 0.15) is 29.6 Å². The molecule has 6 nitrogen and oxygen atoms in total. The minimum absolute atomic E-state index is 0.0246. The molecule has 0 bridgehead atoms. The number of anilines is 3. The van der Waals surface area contributed by atoms with Gasteiger partial charge in [-0.1, -0.05) is 0 Å². The van der Waals surface area contributed by atoms with Crippen LogP contribution in [0.3, 0.4) is 0 Å². The number of nitrogens with zero attached hydrogens (tertiary/aromatic N) is 1. The second-order valence-corrected chi connectivity index (χ2v) is 6.56. The zero-order valence-corrected chi connectivity index (χ0v) is 15.0. The number of halogens is 1. The number of hydrogen-bond donors (Lipinski definition) is 3. The third-order valence-electron chi connectivity index (χ3n) is 4.56. The Morgan fingerprint density at radius 3 is 2.30 bits per heavy atom. The first kappa shape index (κ1) is 18.7. The molecule has 1 saturated heterocycles. The summed E-state index contributed by atoms with van der Waals surface area (Å²) >= 11 is 0. The summed E-state index contributed by atoms with van der Waals surface area (Å²) in [5.74, 6) is -1.80. The van der Waals surface area contributed by atoms with Gasteiger partial charge in [-0.3, -0.25) is 9.59 Å². The van der Waals surface area contributed by atoms with Crippen molar-refractivity contribution < 1.29 is 14.0 Å². The van der Waals surface area contributed by atoms with Crippen LogP contribution in [-0.4, -0.2) is 31.4 Å². The van der Waals surface area contributed by atoms with Crippen LogP contribution >= 0.6 is 0 Å². The number of primary amides is 1. The molecule has 142 valence electrons. The van der Waals surface area contributed by atoms with E-state index in [4.69, 9.17) is 5.73 Å². The molecular formula is C20H23FN4O2. The number of hydrogen-bond acceptors (Lipinski definition) is 4. The van der Waals surface area contributed by atoms with E-state index in [9.17, 15) is 14.0 Å². The van der Waals surface area contributed by atoms with Gasteiger partial charge < -0.3 is 21.3 Å². The van der Waals surface area contributed by atoms with E-state index in [0.717, 1.165) is 24.8 Å². The van der Waals surface area contributed by atoms with Crippen molar-refractivity contribution in [3.63, 3.8) is 0 Å². The summed E-state index contributed by atoms with van der Waals surface area (Å²) in [5, 5.41) is 5.62. The quantitative estimate of drug-likeness (QED) is 0.730. The Kier molecular flexibility index (Phi) is 5.90. The summed E-state index contributed by atoms with van der Waals surface area (Å²) in [7, 11) is 0. The highest BCUT2D eigenvalue weighted by Crippen LogP contribution is 2.21. The van der Waals surface area contributed by atoms with Gasteiger partial charge in [-0.2, -0.15) is 0 Å². The number of nitrogens with one attached hydrogen (secondary N) is 2. The Balaban J connectivity index is 1.51. The van der Waals surface area contributed by atoms with E-state index >= 15 is 0 Å². The molecule has 0 spiro atoms. The lowest BCUT2D eigenvalue weighted by Crippen LogP contribution is -2.29. The predicted molar refractivity (Wildman–Crippen MR) is 105 cm³/mol. The number of nitrogens with two attached hydrogens (primary N) is 1. The van der Waals surface area contributed by atoms with Crippen molar-refractivity contribution in [3.05, 3.63) is 53.8 Å². The lowest BCUT2D eigenvalue weighted by Gasteiger charge is -2.28. The monoisotopic (exact) mass is 370 g/mol. The fraction of sp³-hybridized carbons (Fsp3) is 0.300. The van der Waals surface area contributed by atoms with E-state index in [2.05, 4.69) is 15.5 Å². The molecule has 0 atom stereocenters. The standard InChI is InChI=1S/C20H23FN4O2/c21-18-12-15(6-9-17(18)20(22)27)23-13-19(26)24-14-4-7-16(8-5-14)25-10-2-1-3-11-25/h4-9,12,23H,1-3,10-11,13H2,(H2,22,27)(H,24,26). The third-order valence-corrected chi connectivity index (χ3v) is 4.56. The van der Waals surface area contributed by atoms with Gasteiger partial charge in [-0.25, -0.2) is 4.39 Å². The maximum absolute atomic E-state index is 13.7. The second kappa shape index (κ2) is 8.53. The van der Waals surface area contributed by atoms with E-state index in [0.29, 0.717) is 11.4 Å². The zero-order valence-electron chi connectivity index (χ0n) is 15.0. The summed E-state index contributed by atoms with van der Waals surface area (Å²) in [6, 6.07) is 11.7. The molecule has 3 rings (SSSR count). The van der Waals surface area contributed by atoms with Gasteiger partial charge in [0.15, 0.2) is 0 Å². The molecule has 0 radical (unpaired) electrons. The van der Waals surface area contributed by atoms with Gasteiger partial charge in [0.1, 0.15) is 5.82 Å². The first-order valence-electron chi connectivity index (χ1n) is 9.01. The average Bonchev–Trinajstić information content (AvgIpc) is 2.67. The molecule has 0 unspecified atom stereocenters. The zero-order chi connectivity index (χ0) is 19.2. The van der Waals surface area contributed by atoms with E-state index in [1.54, 1.807) is 0 Å². The lowest BCUT2D eigenvalue weighted by atomic mass is 10.1. The van der Waals surface area contributed by atoms with Crippen LogP contribution in [0.4, 0.5) is 21.5 Å². The number of benzene rings is 2. The molecule has 1 aliphatic rings. The van der Waals surface area contributed by atoms with Gasteiger partial charge in [-0.05, 0) is 61.7 Å². The third kappa shape index (κ3) is 4.97. The van der Waals surface area contributed by atoms with E-state index in [-0.39, 0.29) is 18.0 Å². The molecule has 27 heavy (non-hydrogen) atoms. The maximum Gasteiger partial charge on any atom is 0.251 e. The van der Waals surface area contributed by atoms with Gasteiger partial charge in [0.05, 0.1) is 12.1 Å². The van der Waals surface area contributed by atoms with Crippen molar-refractivity contribution in [2.75, 3.05) is 35.2 Å². The second-order valence-electron chi connectivity index (χ2n) is 6.56. The van der Waals surface area contributed by atoms with Crippen LogP contribution in [0.25, 0.3) is 0 Å². The van der Waals surface area contributed by atoms with Gasteiger partial charge in [0, 0.05) is 30.2 Å². The molecule has 0 aliphatic carbocycles. The fourth-order valence-corrected chi connectivity index (χ4v) is 3.12. The first-order chi connectivity index (χ1) is 13.0. The van der Waals surface area contributed by atoms with Crippen LogP contribution in [0.2, 0.25) is 0 Å². The number of piperidine rings is 1. The van der Waals surface area contributed by atoms with Crippen LogP contribution in [0.15, 0.2) is 42.5 Å². The van der Waals surface area contributed by atoms with Gasteiger partial charge in [0.25, 0.3) is 5.91 Å². The topological polar surface area (TPSA) is 87.5 Å². The SMILES string of the molecule is NC(=O)c1ccc(NCC(=O)Nc2ccc(N3CCCCC3)cc2)cc1F. The molecule has 0 aromatic heterocycles. The smallest absolute Gasteiger partial charge is 0.251 e. The Morgan fingerprint density at radius 1 is 1.00 bits per heavy atom. The van der Waals surface area contributed by atoms with E-state index in [1.807, 2.05) is 24.3 Å². The molecule has 4 N–H and O–H groups in total. The predicted octanol–water partition coefficient (Wildman–Crippen LogP) is 2.97. The Morgan fingerprint density at radius 2 is 1.67 bits per heavy atom. The molecule has 2 aromatic rings. The highest BCUT2D eigenvalue weighted by atomic mass is 19.1. The summed E-state index contributed by atoms with van der Waals surface area (Å²) in [4.78, 5) is 25.5. The minimum Gasteiger partial charge on any atom is -0.376 e. The molecule has 7 heteroatoms. The molecule has 2 aromatic carbocycles. The number of carbonyl (C=O) groups is 2. The van der Waals surface area contributed by atoms with Gasteiger partial charge in [0.2, 0.25) is 5.91 Å². The van der Waals surface area contributed by atoms with Crippen molar-refractivity contribution in [3.8, 4) is 0 Å². The number of rotatable bonds is 6. The summed E-state index contributed by atoms with van der Waals surface area (Å²) < 4.78 is 13.7. The molecule has 1 fully saturated rings. The molecule has 2 amide bonds. The largest absolute Gasteiger partial charge is 0.376 e. The van der Waals surface area contributed by atoms with Crippen molar-refractivity contribution in [1.29, 1.82) is 0 Å². The fourth-order valence-electron chi connectivity index (χ4n) is 3.12. The summed E-state index contributed by atoms with van der Waals surface area (Å²) in [6.07, 6.45) is 3.71. The molecule has 1 heterocycles. The lowest BCUT2D eigenvalue weighted by molar-refractivity contribution is -0.114. The normalized spacial score (nSPS) is 13.9. The number of carbonyl (C=O) groups excluding carboxylic acids is 2. The van der Waals surface area contributed by atoms with Crippen LogP contribution in [0, 0.1) is 5.82 Å². The van der Waals surface area contributed by atoms with Crippen LogP contribution in [0.5, 0.6) is 0 Å². The van der Waals surface area contributed by atoms with E-state index in [1.165, 1.54) is 31.4 Å². The molecule has 0 saturated carbocycles. The Bertz CT molecular complexity index is 817. The average molecular weight is 370 g/mol.